The van der Waals surface area contributed by atoms with Gasteiger partial charge in [0.1, 0.15) is 65.3 Å². The van der Waals surface area contributed by atoms with Gasteiger partial charge in [-0.15, -0.1) is 0 Å². The van der Waals surface area contributed by atoms with E-state index in [2.05, 4.69) is 15.2 Å². The minimum absolute atomic E-state index is 0.0820. The molecule has 200 valence electrons. The molecule has 0 saturated heterocycles. The third-order valence-electron chi connectivity index (χ3n) is 6.50. The molecule has 0 radical (unpaired) electrons. The molecule has 0 aliphatic carbocycles. The standard InChI is InChI=1S/C28H22F4N4O3/c1-17(28(37,14-36-16-33-15-34-36)23-9-6-21(30)11-25(23)32)27-12-26(35-39-27)18-3-7-22(8-4-18)38-13-19-2-5-20(29)10-24(19)31/h2-12,15-17,37H,13-14H2,1H3/t17-,28+/m0/s1. The van der Waals surface area contributed by atoms with Crippen LogP contribution in [-0.2, 0) is 18.8 Å². The first-order valence-electron chi connectivity index (χ1n) is 11.9. The highest BCUT2D eigenvalue weighted by Gasteiger charge is 2.42. The molecule has 2 atom stereocenters. The molecule has 0 aliphatic rings. The van der Waals surface area contributed by atoms with E-state index in [1.807, 2.05) is 0 Å². The van der Waals surface area contributed by atoms with Crippen molar-refractivity contribution in [1.82, 2.24) is 19.9 Å². The molecule has 0 aliphatic heterocycles. The van der Waals surface area contributed by atoms with E-state index in [-0.39, 0.29) is 30.0 Å². The van der Waals surface area contributed by atoms with Crippen molar-refractivity contribution in [3.05, 3.63) is 120 Å². The van der Waals surface area contributed by atoms with Gasteiger partial charge in [0.2, 0.25) is 0 Å². The Hall–Kier alpha value is -4.51. The van der Waals surface area contributed by atoms with Crippen LogP contribution >= 0.6 is 0 Å². The SMILES string of the molecule is C[C@@H](c1cc(-c2ccc(OCc3ccc(F)cc3F)cc2)no1)[C@](O)(Cn1cncn1)c1ccc(F)cc1F. The monoisotopic (exact) mass is 538 g/mol. The quantitative estimate of drug-likeness (QED) is 0.240. The predicted octanol–water partition coefficient (Wildman–Crippen LogP) is 5.76. The number of nitrogens with zero attached hydrogens (tertiary/aromatic N) is 4. The molecule has 11 heteroatoms. The first-order chi connectivity index (χ1) is 18.7. The average molecular weight is 539 g/mol. The van der Waals surface area contributed by atoms with Gasteiger partial charge >= 0.3 is 0 Å². The molecule has 0 amide bonds. The van der Waals surface area contributed by atoms with E-state index < -0.39 is 34.8 Å². The molecular formula is C28H22F4N4O3. The topological polar surface area (TPSA) is 86.2 Å². The normalized spacial score (nSPS) is 13.7. The first kappa shape index (κ1) is 26.1. The lowest BCUT2D eigenvalue weighted by atomic mass is 9.80. The van der Waals surface area contributed by atoms with Crippen molar-refractivity contribution in [3.63, 3.8) is 0 Å². The zero-order valence-corrected chi connectivity index (χ0v) is 20.6. The summed E-state index contributed by atoms with van der Waals surface area (Å²) in [7, 11) is 0. The Morgan fingerprint density at radius 3 is 2.33 bits per heavy atom. The smallest absolute Gasteiger partial charge is 0.143 e. The van der Waals surface area contributed by atoms with Crippen molar-refractivity contribution < 1.29 is 31.9 Å². The number of hydrogen-bond donors (Lipinski definition) is 1. The van der Waals surface area contributed by atoms with Crippen molar-refractivity contribution >= 4 is 0 Å². The van der Waals surface area contributed by atoms with Crippen molar-refractivity contribution in [2.45, 2.75) is 31.6 Å². The van der Waals surface area contributed by atoms with Crippen LogP contribution in [0.25, 0.3) is 11.3 Å². The van der Waals surface area contributed by atoms with Gasteiger partial charge in [-0.3, -0.25) is 0 Å². The van der Waals surface area contributed by atoms with E-state index >= 15 is 0 Å². The van der Waals surface area contributed by atoms with Crippen molar-refractivity contribution in [2.24, 2.45) is 0 Å². The summed E-state index contributed by atoms with van der Waals surface area (Å²) >= 11 is 0. The van der Waals surface area contributed by atoms with Gasteiger partial charge in [-0.05, 0) is 42.5 Å². The van der Waals surface area contributed by atoms with Crippen molar-refractivity contribution in [3.8, 4) is 17.0 Å². The lowest BCUT2D eigenvalue weighted by Crippen LogP contribution is -2.38. The number of aromatic nitrogens is 4. The van der Waals surface area contributed by atoms with Crippen LogP contribution in [0, 0.1) is 23.3 Å². The summed E-state index contributed by atoms with van der Waals surface area (Å²) in [5, 5.41) is 19.8. The fourth-order valence-electron chi connectivity index (χ4n) is 4.24. The Kier molecular flexibility index (Phi) is 7.16. The summed E-state index contributed by atoms with van der Waals surface area (Å²) < 4.78 is 67.8. The molecule has 0 unspecified atom stereocenters. The average Bonchev–Trinajstić information content (AvgIpc) is 3.60. The van der Waals surface area contributed by atoms with E-state index in [4.69, 9.17) is 9.26 Å². The highest BCUT2D eigenvalue weighted by molar-refractivity contribution is 5.60. The zero-order valence-electron chi connectivity index (χ0n) is 20.6. The third kappa shape index (κ3) is 5.53. The fourth-order valence-corrected chi connectivity index (χ4v) is 4.24. The Balaban J connectivity index is 1.36. The van der Waals surface area contributed by atoms with Crippen LogP contribution in [0.15, 0.2) is 83.9 Å². The Morgan fingerprint density at radius 2 is 1.67 bits per heavy atom. The van der Waals surface area contributed by atoms with Gasteiger partial charge in [-0.2, -0.15) is 5.10 Å². The van der Waals surface area contributed by atoms with Gasteiger partial charge in [0, 0.05) is 34.9 Å². The molecule has 0 saturated carbocycles. The lowest BCUT2D eigenvalue weighted by Gasteiger charge is -2.33. The van der Waals surface area contributed by atoms with Gasteiger partial charge in [-0.25, -0.2) is 27.2 Å². The summed E-state index contributed by atoms with van der Waals surface area (Å²) in [6.45, 7) is 1.37. The molecule has 7 nitrogen and oxygen atoms in total. The Labute approximate surface area is 220 Å². The number of aliphatic hydroxyl groups is 1. The van der Waals surface area contributed by atoms with Crippen LogP contribution < -0.4 is 4.74 Å². The van der Waals surface area contributed by atoms with Crippen LogP contribution in [0.3, 0.4) is 0 Å². The molecule has 39 heavy (non-hydrogen) atoms. The summed E-state index contributed by atoms with van der Waals surface area (Å²) in [6, 6.07) is 14.6. The van der Waals surface area contributed by atoms with E-state index in [9.17, 15) is 22.7 Å². The number of ether oxygens (including phenoxy) is 1. The molecule has 3 aromatic carbocycles. The largest absolute Gasteiger partial charge is 0.489 e. The molecule has 5 rings (SSSR count). The van der Waals surface area contributed by atoms with Gasteiger partial charge in [-0.1, -0.05) is 18.1 Å². The first-order valence-corrected chi connectivity index (χ1v) is 11.9. The van der Waals surface area contributed by atoms with Gasteiger partial charge < -0.3 is 14.4 Å². The van der Waals surface area contributed by atoms with Crippen LogP contribution in [-0.4, -0.2) is 25.0 Å². The summed E-state index contributed by atoms with van der Waals surface area (Å²) in [5.41, 5.74) is -0.716. The molecule has 0 spiro atoms. The van der Waals surface area contributed by atoms with Gasteiger partial charge in [0.25, 0.3) is 0 Å². The molecule has 5 aromatic rings. The minimum atomic E-state index is -1.89. The number of hydrogen-bond acceptors (Lipinski definition) is 6. The summed E-state index contributed by atoms with van der Waals surface area (Å²) in [5.74, 6) is -3.18. The highest BCUT2D eigenvalue weighted by Crippen LogP contribution is 2.40. The maximum atomic E-state index is 14.8. The number of benzene rings is 3. The zero-order chi connectivity index (χ0) is 27.6. The predicted molar refractivity (Wildman–Crippen MR) is 131 cm³/mol. The van der Waals surface area contributed by atoms with Crippen LogP contribution in [0.2, 0.25) is 0 Å². The Morgan fingerprint density at radius 1 is 0.949 bits per heavy atom. The van der Waals surface area contributed by atoms with Crippen LogP contribution in [0.5, 0.6) is 5.75 Å². The third-order valence-corrected chi connectivity index (χ3v) is 6.50. The molecule has 2 aromatic heterocycles. The van der Waals surface area contributed by atoms with Gasteiger partial charge in [0.15, 0.2) is 0 Å². The number of halogens is 4. The molecule has 0 bridgehead atoms. The molecular weight excluding hydrogens is 516 g/mol. The summed E-state index contributed by atoms with van der Waals surface area (Å²) in [4.78, 5) is 3.86. The second kappa shape index (κ2) is 10.7. The number of rotatable bonds is 9. The van der Waals surface area contributed by atoms with Crippen molar-refractivity contribution in [2.75, 3.05) is 0 Å². The van der Waals surface area contributed by atoms with E-state index in [0.29, 0.717) is 23.1 Å². The lowest BCUT2D eigenvalue weighted by molar-refractivity contribution is -0.0181. The second-order valence-electron chi connectivity index (χ2n) is 9.03. The molecule has 1 N–H and O–H groups in total. The molecule has 0 fully saturated rings. The van der Waals surface area contributed by atoms with Crippen LogP contribution in [0.1, 0.15) is 29.7 Å². The summed E-state index contributed by atoms with van der Waals surface area (Å²) in [6.07, 6.45) is 2.65. The molecule has 2 heterocycles. The van der Waals surface area contributed by atoms with E-state index in [1.165, 1.54) is 29.5 Å². The highest BCUT2D eigenvalue weighted by atomic mass is 19.1. The maximum absolute atomic E-state index is 14.8. The maximum Gasteiger partial charge on any atom is 0.143 e. The van der Waals surface area contributed by atoms with E-state index in [1.54, 1.807) is 37.3 Å². The van der Waals surface area contributed by atoms with E-state index in [0.717, 1.165) is 18.2 Å². The fraction of sp³-hybridized carbons (Fsp3) is 0.179. The minimum Gasteiger partial charge on any atom is -0.489 e. The van der Waals surface area contributed by atoms with Crippen molar-refractivity contribution in [1.29, 1.82) is 0 Å². The Bertz CT molecular complexity index is 1570. The second-order valence-corrected chi connectivity index (χ2v) is 9.03. The van der Waals surface area contributed by atoms with Crippen LogP contribution in [0.4, 0.5) is 17.6 Å². The van der Waals surface area contributed by atoms with Gasteiger partial charge in [0.05, 0.1) is 12.5 Å².